The molecule has 3 heterocycles. The molecule has 2 N–H and O–H groups in total. The van der Waals surface area contributed by atoms with Gasteiger partial charge in [-0.25, -0.2) is 9.59 Å². The van der Waals surface area contributed by atoms with Crippen molar-refractivity contribution in [2.75, 3.05) is 18.5 Å². The van der Waals surface area contributed by atoms with Gasteiger partial charge in [-0.2, -0.15) is 4.98 Å². The van der Waals surface area contributed by atoms with Crippen LogP contribution in [-0.4, -0.2) is 58.5 Å². The number of aliphatic hydroxyl groups is 1. The highest BCUT2D eigenvalue weighted by atomic mass is 16.7. The first-order chi connectivity index (χ1) is 17.0. The van der Waals surface area contributed by atoms with E-state index in [9.17, 15) is 14.7 Å². The van der Waals surface area contributed by atoms with E-state index in [1.807, 2.05) is 30.3 Å². The van der Waals surface area contributed by atoms with Gasteiger partial charge in [0.1, 0.15) is 24.6 Å². The summed E-state index contributed by atoms with van der Waals surface area (Å²) in [7, 11) is 0. The van der Waals surface area contributed by atoms with E-state index in [2.05, 4.69) is 20.3 Å². The van der Waals surface area contributed by atoms with Gasteiger partial charge in [-0.3, -0.25) is 9.88 Å². The summed E-state index contributed by atoms with van der Waals surface area (Å²) in [5, 5.41) is 16.6. The number of azide groups is 1. The second kappa shape index (κ2) is 11.8. The predicted octanol–water partition coefficient (Wildman–Crippen LogP) is 2.47. The smallest absolute Gasteiger partial charge is 0.413 e. The van der Waals surface area contributed by atoms with Crippen LogP contribution in [0.4, 0.5) is 10.6 Å². The number of nitrogens with one attached hydrogen (secondary N) is 1. The number of amides is 1. The average Bonchev–Trinajstić information content (AvgIpc) is 3.17. The molecule has 1 amide bonds. The lowest BCUT2D eigenvalue weighted by Crippen LogP contribution is -2.41. The number of hydrogen-bond donors (Lipinski definition) is 2. The molecule has 13 nitrogen and oxygen atoms in total. The van der Waals surface area contributed by atoms with Gasteiger partial charge in [0, 0.05) is 17.7 Å². The zero-order valence-electron chi connectivity index (χ0n) is 18.8. The molecule has 2 aliphatic heterocycles. The Balaban J connectivity index is 1.45. The van der Waals surface area contributed by atoms with Gasteiger partial charge >= 0.3 is 11.8 Å². The predicted molar refractivity (Wildman–Crippen MR) is 121 cm³/mol. The molecule has 0 saturated carbocycles. The molecular weight excluding hydrogens is 460 g/mol. The van der Waals surface area contributed by atoms with Crippen molar-refractivity contribution in [1.29, 1.82) is 0 Å². The molecule has 4 rings (SSSR count). The zero-order valence-corrected chi connectivity index (χ0v) is 18.8. The summed E-state index contributed by atoms with van der Waals surface area (Å²) < 4.78 is 23.7. The van der Waals surface area contributed by atoms with Gasteiger partial charge in [0.25, 0.3) is 0 Å². The molecule has 2 aliphatic rings. The quantitative estimate of drug-likeness (QED) is 0.325. The third-order valence-electron chi connectivity index (χ3n) is 5.63. The van der Waals surface area contributed by atoms with E-state index in [0.717, 1.165) is 23.0 Å². The molecular formula is C22H26N6O7. The van der Waals surface area contributed by atoms with Crippen LogP contribution < -0.4 is 11.0 Å². The number of hydrogen-bond acceptors (Lipinski definition) is 9. The number of carbonyl (C=O) groups is 1. The van der Waals surface area contributed by atoms with Crippen LogP contribution in [0.3, 0.4) is 0 Å². The lowest BCUT2D eigenvalue weighted by molar-refractivity contribution is -0.215. The maximum absolute atomic E-state index is 12.8. The van der Waals surface area contributed by atoms with Crippen LogP contribution in [0, 0.1) is 0 Å². The first-order valence-electron chi connectivity index (χ1n) is 11.2. The summed E-state index contributed by atoms with van der Waals surface area (Å²) >= 11 is 0. The largest absolute Gasteiger partial charge is 0.444 e. The van der Waals surface area contributed by atoms with Crippen molar-refractivity contribution >= 4 is 11.9 Å². The molecule has 35 heavy (non-hydrogen) atoms. The molecule has 1 aromatic heterocycles. The zero-order chi connectivity index (χ0) is 24.6. The third kappa shape index (κ3) is 6.35. The van der Waals surface area contributed by atoms with Crippen molar-refractivity contribution in [3.8, 4) is 0 Å². The van der Waals surface area contributed by atoms with Crippen LogP contribution in [0.2, 0.25) is 0 Å². The number of rotatable bonds is 8. The van der Waals surface area contributed by atoms with E-state index in [4.69, 9.17) is 24.5 Å². The minimum atomic E-state index is -1.17. The Kier molecular flexibility index (Phi) is 8.29. The van der Waals surface area contributed by atoms with Crippen LogP contribution in [0.15, 0.2) is 52.5 Å². The summed E-state index contributed by atoms with van der Waals surface area (Å²) in [6.45, 7) is 0.449. The number of carbonyl (C=O) groups excluding carboxylic acids is 1. The van der Waals surface area contributed by atoms with Gasteiger partial charge < -0.3 is 24.1 Å². The summed E-state index contributed by atoms with van der Waals surface area (Å²) in [5.41, 5.74) is 8.70. The van der Waals surface area contributed by atoms with Gasteiger partial charge in [0.2, 0.25) is 0 Å². The summed E-state index contributed by atoms with van der Waals surface area (Å²) in [6.07, 6.45) is -1.57. The molecule has 1 aromatic carbocycles. The highest BCUT2D eigenvalue weighted by Crippen LogP contribution is 2.33. The molecule has 13 heteroatoms. The molecule has 3 unspecified atom stereocenters. The first kappa shape index (κ1) is 24.6. The van der Waals surface area contributed by atoms with Crippen molar-refractivity contribution in [2.45, 2.75) is 56.7 Å². The second-order valence-electron chi connectivity index (χ2n) is 8.06. The third-order valence-corrected chi connectivity index (χ3v) is 5.63. The molecule has 0 spiro atoms. The number of aromatic nitrogens is 2. The highest BCUT2D eigenvalue weighted by molar-refractivity contribution is 5.83. The topological polar surface area (TPSA) is 170 Å². The van der Waals surface area contributed by atoms with Gasteiger partial charge in [-0.1, -0.05) is 35.4 Å². The van der Waals surface area contributed by atoms with Gasteiger partial charge in [0.05, 0.1) is 12.6 Å². The van der Waals surface area contributed by atoms with Gasteiger partial charge in [-0.05, 0) is 36.4 Å². The fourth-order valence-electron chi connectivity index (χ4n) is 3.89. The summed E-state index contributed by atoms with van der Waals surface area (Å²) in [6, 6.07) is 10.5. The van der Waals surface area contributed by atoms with E-state index in [0.29, 0.717) is 13.0 Å². The number of nitrogens with zero attached hydrogens (tertiary/aromatic N) is 5. The van der Waals surface area contributed by atoms with E-state index in [-0.39, 0.29) is 19.0 Å². The fraction of sp³-hybridized carbons (Fsp3) is 0.500. The molecule has 0 bridgehead atoms. The lowest BCUT2D eigenvalue weighted by Gasteiger charge is -2.29. The molecule has 2 aromatic rings. The number of ether oxygens (including phenoxy) is 4. The fourth-order valence-corrected chi connectivity index (χ4v) is 3.89. The van der Waals surface area contributed by atoms with Crippen molar-refractivity contribution in [3.63, 3.8) is 0 Å². The maximum atomic E-state index is 12.8. The standard InChI is InChI=1S/C22H26N6O7/c23-27-24-12-15-18(29)19(35-17-8-4-5-11-32-17)20(34-15)28-10-9-16(25-21(28)30)26-22(31)33-13-14-6-2-1-3-7-14/h1-3,6-7,9-10,15,17-20,29H,4-5,8,11-13H2,(H,25,26,30,31)/t15-,17?,18?,19?,20-/m1/s1. The first-order valence-corrected chi connectivity index (χ1v) is 11.2. The molecule has 5 atom stereocenters. The van der Waals surface area contributed by atoms with Gasteiger partial charge in [-0.15, -0.1) is 0 Å². The average molecular weight is 486 g/mol. The Labute approximate surface area is 200 Å². The van der Waals surface area contributed by atoms with Crippen molar-refractivity contribution in [3.05, 3.63) is 69.1 Å². The summed E-state index contributed by atoms with van der Waals surface area (Å²) in [4.78, 5) is 31.4. The van der Waals surface area contributed by atoms with Crippen molar-refractivity contribution in [1.82, 2.24) is 9.55 Å². The van der Waals surface area contributed by atoms with Crippen molar-refractivity contribution in [2.24, 2.45) is 5.11 Å². The Hall–Kier alpha value is -3.48. The molecule has 0 radical (unpaired) electrons. The van der Waals surface area contributed by atoms with Crippen LogP contribution in [0.1, 0.15) is 31.1 Å². The van der Waals surface area contributed by atoms with E-state index < -0.39 is 42.6 Å². The minimum absolute atomic E-state index is 0.0124. The highest BCUT2D eigenvalue weighted by Gasteiger charge is 2.47. The molecule has 186 valence electrons. The summed E-state index contributed by atoms with van der Waals surface area (Å²) in [5.74, 6) is -0.0124. The van der Waals surface area contributed by atoms with Crippen LogP contribution >= 0.6 is 0 Å². The van der Waals surface area contributed by atoms with Crippen LogP contribution in [0.5, 0.6) is 0 Å². The Bertz CT molecular complexity index is 1100. The van der Waals surface area contributed by atoms with E-state index >= 15 is 0 Å². The molecule has 0 aliphatic carbocycles. The Morgan fingerprint density at radius 1 is 1.31 bits per heavy atom. The molecule has 2 saturated heterocycles. The monoisotopic (exact) mass is 486 g/mol. The normalized spacial score (nSPS) is 26.0. The van der Waals surface area contributed by atoms with Crippen LogP contribution in [-0.2, 0) is 25.6 Å². The van der Waals surface area contributed by atoms with Gasteiger partial charge in [0.15, 0.2) is 12.5 Å². The minimum Gasteiger partial charge on any atom is -0.444 e. The number of benzene rings is 1. The van der Waals surface area contributed by atoms with E-state index in [1.165, 1.54) is 12.3 Å². The van der Waals surface area contributed by atoms with Crippen molar-refractivity contribution < 1.29 is 28.8 Å². The van der Waals surface area contributed by atoms with E-state index in [1.54, 1.807) is 0 Å². The van der Waals surface area contributed by atoms with Crippen LogP contribution in [0.25, 0.3) is 10.4 Å². The Morgan fingerprint density at radius 3 is 2.86 bits per heavy atom. The number of anilines is 1. The molecule has 2 fully saturated rings. The Morgan fingerprint density at radius 2 is 2.14 bits per heavy atom. The number of aliphatic hydroxyl groups excluding tert-OH is 1. The second-order valence-corrected chi connectivity index (χ2v) is 8.06. The maximum Gasteiger partial charge on any atom is 0.413 e. The SMILES string of the molecule is [N-]=[N+]=NC[C@H]1O[C@@H](n2ccc(NC(=O)OCc3ccccc3)nc2=O)C(OC2CCCCO2)C1O. The lowest BCUT2D eigenvalue weighted by atomic mass is 10.1.